The molecule has 1 atom stereocenters. The first-order valence-electron chi connectivity index (χ1n) is 10.9. The van der Waals surface area contributed by atoms with Gasteiger partial charge in [0.1, 0.15) is 17.4 Å². The number of piperidine rings is 1. The molecule has 6 nitrogen and oxygen atoms in total. The van der Waals surface area contributed by atoms with Gasteiger partial charge in [0.15, 0.2) is 0 Å². The lowest BCUT2D eigenvalue weighted by Gasteiger charge is -2.38. The first-order chi connectivity index (χ1) is 16.5. The van der Waals surface area contributed by atoms with Crippen LogP contribution in [0.4, 0.5) is 32.4 Å². The Morgan fingerprint density at radius 1 is 1.08 bits per heavy atom. The minimum Gasteiger partial charge on any atom is -0.444 e. The highest BCUT2D eigenvalue weighted by molar-refractivity contribution is 6.33. The largest absolute Gasteiger partial charge is 0.573 e. The minimum absolute atomic E-state index is 0.0241. The van der Waals surface area contributed by atoms with E-state index in [2.05, 4.69) is 10.1 Å². The van der Waals surface area contributed by atoms with Crippen LogP contribution in [0.1, 0.15) is 33.6 Å². The minimum atomic E-state index is -4.92. The molecule has 12 heteroatoms. The summed E-state index contributed by atoms with van der Waals surface area (Å²) in [5, 5.41) is 2.43. The van der Waals surface area contributed by atoms with Crippen LogP contribution in [0, 0.1) is 0 Å². The van der Waals surface area contributed by atoms with Crippen LogP contribution in [0.3, 0.4) is 0 Å². The zero-order valence-corrected chi connectivity index (χ0v) is 20.3. The summed E-state index contributed by atoms with van der Waals surface area (Å²) in [7, 11) is 0. The van der Waals surface area contributed by atoms with Crippen molar-refractivity contribution in [2.24, 2.45) is 0 Å². The fourth-order valence-electron chi connectivity index (χ4n) is 3.65. The van der Waals surface area contributed by atoms with Gasteiger partial charge in [-0.1, -0.05) is 35.9 Å². The van der Waals surface area contributed by atoms with Crippen molar-refractivity contribution in [1.82, 2.24) is 4.90 Å². The van der Waals surface area contributed by atoms with Crippen molar-refractivity contribution >= 4 is 29.3 Å². The molecular weight excluding hydrogens is 511 g/mol. The first kappa shape index (κ1) is 27.5. The number of para-hydroxylation sites is 1. The number of hydrogen-bond donors (Lipinski definition) is 1. The van der Waals surface area contributed by atoms with Gasteiger partial charge in [-0.25, -0.2) is 13.6 Å². The highest BCUT2D eigenvalue weighted by Gasteiger charge is 2.46. The lowest BCUT2D eigenvalue weighted by atomic mass is 9.98. The SMILES string of the molecule is CC(C)(C)OC(=O)N1CCC(F)(F)CC1C(=O)Nc1ccc(-c2ccccc2OC(F)(F)F)c(Cl)c1. The van der Waals surface area contributed by atoms with E-state index in [-0.39, 0.29) is 28.4 Å². The van der Waals surface area contributed by atoms with Crippen LogP contribution in [0.2, 0.25) is 5.02 Å². The van der Waals surface area contributed by atoms with Gasteiger partial charge in [0.25, 0.3) is 5.92 Å². The van der Waals surface area contributed by atoms with Crippen LogP contribution in [0.15, 0.2) is 42.5 Å². The van der Waals surface area contributed by atoms with Crippen molar-refractivity contribution in [3.63, 3.8) is 0 Å². The molecule has 2 aromatic carbocycles. The van der Waals surface area contributed by atoms with E-state index in [1.165, 1.54) is 36.4 Å². The van der Waals surface area contributed by atoms with Crippen molar-refractivity contribution in [2.45, 2.75) is 57.5 Å². The maximum absolute atomic E-state index is 14.1. The van der Waals surface area contributed by atoms with Crippen LogP contribution in [0.25, 0.3) is 11.1 Å². The molecule has 0 bridgehead atoms. The number of carbonyl (C=O) groups is 2. The number of nitrogens with zero attached hydrogens (tertiary/aromatic N) is 1. The molecule has 1 N–H and O–H groups in total. The number of rotatable bonds is 4. The quantitative estimate of drug-likeness (QED) is 0.434. The summed E-state index contributed by atoms with van der Waals surface area (Å²) in [4.78, 5) is 26.4. The molecule has 0 aliphatic carbocycles. The highest BCUT2D eigenvalue weighted by Crippen LogP contribution is 2.39. The van der Waals surface area contributed by atoms with E-state index in [9.17, 15) is 31.5 Å². The number of amides is 2. The maximum Gasteiger partial charge on any atom is 0.573 e. The summed E-state index contributed by atoms with van der Waals surface area (Å²) >= 11 is 6.28. The Morgan fingerprint density at radius 2 is 1.75 bits per heavy atom. The number of nitrogens with one attached hydrogen (secondary N) is 1. The van der Waals surface area contributed by atoms with Gasteiger partial charge in [-0.3, -0.25) is 9.69 Å². The zero-order chi connectivity index (χ0) is 26.9. The standard InChI is InChI=1S/C24H24ClF5N2O4/c1-22(2,3)36-21(34)32-11-10-23(26,27)13-18(32)20(33)31-14-8-9-15(17(25)12-14)16-6-4-5-7-19(16)35-24(28,29)30/h4-9,12,18H,10-11,13H2,1-3H3,(H,31,33). The normalized spacial score (nSPS) is 17.9. The van der Waals surface area contributed by atoms with Crippen molar-refractivity contribution in [1.29, 1.82) is 0 Å². The topological polar surface area (TPSA) is 67.9 Å². The molecule has 36 heavy (non-hydrogen) atoms. The summed E-state index contributed by atoms with van der Waals surface area (Å²) < 4.78 is 75.8. The number of alkyl halides is 5. The van der Waals surface area contributed by atoms with Crippen molar-refractivity contribution in [3.05, 3.63) is 47.5 Å². The van der Waals surface area contributed by atoms with Crippen LogP contribution >= 0.6 is 11.6 Å². The summed E-state index contributed by atoms with van der Waals surface area (Å²) in [6.45, 7) is 4.45. The van der Waals surface area contributed by atoms with Gasteiger partial charge in [-0.2, -0.15) is 0 Å². The Bertz CT molecular complexity index is 1130. The van der Waals surface area contributed by atoms with Crippen molar-refractivity contribution in [2.75, 3.05) is 11.9 Å². The monoisotopic (exact) mass is 534 g/mol. The van der Waals surface area contributed by atoms with E-state index < -0.39 is 54.5 Å². The molecule has 0 radical (unpaired) electrons. The number of ether oxygens (including phenoxy) is 2. The summed E-state index contributed by atoms with van der Waals surface area (Å²) in [5.74, 6) is -4.52. The number of anilines is 1. The molecule has 1 aliphatic heterocycles. The molecule has 0 saturated carbocycles. The second-order valence-electron chi connectivity index (χ2n) is 9.23. The average molecular weight is 535 g/mol. The Balaban J connectivity index is 1.83. The van der Waals surface area contributed by atoms with Gasteiger partial charge >= 0.3 is 12.5 Å². The molecule has 0 spiro atoms. The van der Waals surface area contributed by atoms with E-state index in [0.717, 1.165) is 11.0 Å². The lowest BCUT2D eigenvalue weighted by molar-refractivity contribution is -0.274. The molecule has 2 amide bonds. The third-order valence-electron chi connectivity index (χ3n) is 5.16. The summed E-state index contributed by atoms with van der Waals surface area (Å²) in [6.07, 6.45) is -7.33. The van der Waals surface area contributed by atoms with E-state index >= 15 is 0 Å². The number of halogens is 6. The smallest absolute Gasteiger partial charge is 0.444 e. The fourth-order valence-corrected chi connectivity index (χ4v) is 3.93. The summed E-state index contributed by atoms with van der Waals surface area (Å²) in [5.41, 5.74) is -0.552. The van der Waals surface area contributed by atoms with E-state index in [1.54, 1.807) is 20.8 Å². The molecule has 1 saturated heterocycles. The van der Waals surface area contributed by atoms with Gasteiger partial charge in [0.05, 0.1) is 5.02 Å². The van der Waals surface area contributed by atoms with Crippen molar-refractivity contribution < 1.29 is 41.0 Å². The number of likely N-dealkylation sites (tertiary alicyclic amines) is 1. The maximum atomic E-state index is 14.1. The number of hydrogen-bond acceptors (Lipinski definition) is 4. The number of carbonyl (C=O) groups excluding carboxylic acids is 2. The summed E-state index contributed by atoms with van der Waals surface area (Å²) in [6, 6.07) is 7.83. The highest BCUT2D eigenvalue weighted by atomic mass is 35.5. The number of benzene rings is 2. The molecule has 1 unspecified atom stereocenters. The van der Waals surface area contributed by atoms with E-state index in [1.807, 2.05) is 0 Å². The van der Waals surface area contributed by atoms with Crippen LogP contribution in [-0.2, 0) is 9.53 Å². The predicted molar refractivity (Wildman–Crippen MR) is 123 cm³/mol. The third-order valence-corrected chi connectivity index (χ3v) is 5.47. The molecule has 1 heterocycles. The fraction of sp³-hybridized carbons (Fsp3) is 0.417. The molecule has 1 aliphatic rings. The lowest BCUT2D eigenvalue weighted by Crippen LogP contribution is -2.55. The van der Waals surface area contributed by atoms with Gasteiger partial charge < -0.3 is 14.8 Å². The van der Waals surface area contributed by atoms with Crippen molar-refractivity contribution in [3.8, 4) is 16.9 Å². The van der Waals surface area contributed by atoms with E-state index in [0.29, 0.717) is 0 Å². The zero-order valence-electron chi connectivity index (χ0n) is 19.6. The Labute approximate surface area is 209 Å². The third kappa shape index (κ3) is 7.22. The molecule has 2 aromatic rings. The van der Waals surface area contributed by atoms with Gasteiger partial charge in [-0.05, 0) is 39.0 Å². The van der Waals surface area contributed by atoms with Gasteiger partial charge in [0, 0.05) is 36.2 Å². The van der Waals surface area contributed by atoms with Crippen LogP contribution in [-0.4, -0.2) is 47.4 Å². The molecule has 3 rings (SSSR count). The molecule has 1 fully saturated rings. The molecular formula is C24H24ClF5N2O4. The Kier molecular flexibility index (Phi) is 7.73. The molecule has 196 valence electrons. The molecule has 0 aromatic heterocycles. The first-order valence-corrected chi connectivity index (χ1v) is 11.3. The average Bonchev–Trinajstić information content (AvgIpc) is 2.71. The van der Waals surface area contributed by atoms with Gasteiger partial charge in [-0.15, -0.1) is 13.2 Å². The van der Waals surface area contributed by atoms with E-state index in [4.69, 9.17) is 16.3 Å². The van der Waals surface area contributed by atoms with Gasteiger partial charge in [0.2, 0.25) is 5.91 Å². The van der Waals surface area contributed by atoms with Crippen LogP contribution in [0.5, 0.6) is 5.75 Å². The Morgan fingerprint density at radius 3 is 2.36 bits per heavy atom. The second kappa shape index (κ2) is 10.1. The second-order valence-corrected chi connectivity index (χ2v) is 9.63. The van der Waals surface area contributed by atoms with Crippen LogP contribution < -0.4 is 10.1 Å². The Hall–Kier alpha value is -3.08. The predicted octanol–water partition coefficient (Wildman–Crippen LogP) is 6.88.